The number of carbonyl (C=O) groups excluding carboxylic acids is 3. The smallest absolute Gasteiger partial charge is 0.462 e. The Balaban J connectivity index is 4.83. The molecule has 0 spiro atoms. The SMILES string of the molecule is CC/C=C\C/C=C\C/C=C\C/C=C\CCCCCCC(=O)OC(COC(=O)CCCCCCCCC/C=C\C/C=C\C/C=C\CC)COP(=O)(O)OCC(CO)OC(=O)CCCCC/C=C\C/C=C\C/C=C\CC. The van der Waals surface area contributed by atoms with Crippen molar-refractivity contribution in [2.75, 3.05) is 26.4 Å². The maximum Gasteiger partial charge on any atom is 0.472 e. The molecule has 11 nitrogen and oxygen atoms in total. The number of allylic oxidation sites excluding steroid dienone is 20. The van der Waals surface area contributed by atoms with Crippen molar-refractivity contribution in [3.8, 4) is 0 Å². The van der Waals surface area contributed by atoms with Crippen LogP contribution in [0.3, 0.4) is 0 Å². The molecule has 0 saturated carbocycles. The summed E-state index contributed by atoms with van der Waals surface area (Å²) in [7, 11) is -4.77. The molecule has 0 amide bonds. The van der Waals surface area contributed by atoms with Gasteiger partial charge in [-0.3, -0.25) is 23.4 Å². The van der Waals surface area contributed by atoms with E-state index in [0.29, 0.717) is 19.3 Å². The van der Waals surface area contributed by atoms with E-state index in [4.69, 9.17) is 23.3 Å². The first-order valence-electron chi connectivity index (χ1n) is 28.4. The van der Waals surface area contributed by atoms with Crippen LogP contribution in [0.25, 0.3) is 0 Å². The molecular weight excluding hydrogens is 952 g/mol. The van der Waals surface area contributed by atoms with Crippen molar-refractivity contribution in [3.05, 3.63) is 122 Å². The number of esters is 3. The second-order valence-corrected chi connectivity index (χ2v) is 19.8. The average Bonchev–Trinajstić information content (AvgIpc) is 3.39. The van der Waals surface area contributed by atoms with Crippen LogP contribution in [0.4, 0.5) is 0 Å². The fourth-order valence-corrected chi connectivity index (χ4v) is 7.92. The summed E-state index contributed by atoms with van der Waals surface area (Å²) in [6, 6.07) is 0. The van der Waals surface area contributed by atoms with Gasteiger partial charge in [-0.2, -0.15) is 0 Å². The van der Waals surface area contributed by atoms with Crippen LogP contribution in [-0.2, 0) is 42.2 Å². The summed E-state index contributed by atoms with van der Waals surface area (Å²) in [5.74, 6) is -1.55. The largest absolute Gasteiger partial charge is 0.472 e. The Morgan fingerprint density at radius 3 is 1.03 bits per heavy atom. The topological polar surface area (TPSA) is 155 Å². The second kappa shape index (κ2) is 55.1. The van der Waals surface area contributed by atoms with Crippen LogP contribution >= 0.6 is 7.82 Å². The third-order valence-corrected chi connectivity index (χ3v) is 12.3. The maximum atomic E-state index is 12.9. The van der Waals surface area contributed by atoms with Crippen LogP contribution in [0.5, 0.6) is 0 Å². The van der Waals surface area contributed by atoms with Gasteiger partial charge in [-0.15, -0.1) is 0 Å². The number of aliphatic hydroxyl groups excluding tert-OH is 1. The molecule has 0 fully saturated rings. The quantitative estimate of drug-likeness (QED) is 0.0197. The predicted octanol–water partition coefficient (Wildman–Crippen LogP) is 16.8. The fourth-order valence-electron chi connectivity index (χ4n) is 7.14. The lowest BCUT2D eigenvalue weighted by Crippen LogP contribution is -2.30. The maximum absolute atomic E-state index is 12.9. The van der Waals surface area contributed by atoms with Gasteiger partial charge in [0.25, 0.3) is 0 Å². The summed E-state index contributed by atoms with van der Waals surface area (Å²) in [5, 5.41) is 9.80. The van der Waals surface area contributed by atoms with E-state index in [9.17, 15) is 28.9 Å². The van der Waals surface area contributed by atoms with E-state index in [1.807, 2.05) is 0 Å². The van der Waals surface area contributed by atoms with Gasteiger partial charge in [0, 0.05) is 19.3 Å². The second-order valence-electron chi connectivity index (χ2n) is 18.3. The summed E-state index contributed by atoms with van der Waals surface area (Å²) in [5.41, 5.74) is 0. The zero-order valence-corrected chi connectivity index (χ0v) is 47.2. The molecule has 0 aliphatic carbocycles. The highest BCUT2D eigenvalue weighted by molar-refractivity contribution is 7.47. The average molecular weight is 1050 g/mol. The predicted molar refractivity (Wildman–Crippen MR) is 306 cm³/mol. The van der Waals surface area contributed by atoms with Crippen molar-refractivity contribution in [3.63, 3.8) is 0 Å². The zero-order chi connectivity index (χ0) is 54.1. The first-order chi connectivity index (χ1) is 36.2. The normalized spacial score (nSPS) is 14.3. The summed E-state index contributed by atoms with van der Waals surface area (Å²) in [6.07, 6.45) is 67.3. The number of unbranched alkanes of at least 4 members (excludes halogenated alkanes) is 14. The molecule has 0 radical (unpaired) electrons. The van der Waals surface area contributed by atoms with E-state index < -0.39 is 57.8 Å². The number of rotatable bonds is 51. The number of carbonyl (C=O) groups is 3. The summed E-state index contributed by atoms with van der Waals surface area (Å²) in [4.78, 5) is 48.5. The van der Waals surface area contributed by atoms with Crippen molar-refractivity contribution < 1.29 is 52.2 Å². The highest BCUT2D eigenvalue weighted by Gasteiger charge is 2.28. The van der Waals surface area contributed by atoms with Gasteiger partial charge in [0.1, 0.15) is 12.7 Å². The highest BCUT2D eigenvalue weighted by Crippen LogP contribution is 2.43. The Hall–Kier alpha value is -4.12. The summed E-state index contributed by atoms with van der Waals surface area (Å²) < 4.78 is 39.5. The van der Waals surface area contributed by atoms with Crippen molar-refractivity contribution in [2.45, 2.75) is 226 Å². The van der Waals surface area contributed by atoms with Crippen LogP contribution in [0.2, 0.25) is 0 Å². The van der Waals surface area contributed by atoms with Gasteiger partial charge in [0.05, 0.1) is 19.8 Å². The molecule has 0 saturated heterocycles. The van der Waals surface area contributed by atoms with Gasteiger partial charge >= 0.3 is 25.7 Å². The molecule has 3 unspecified atom stereocenters. The Bertz CT molecular complexity index is 1700. The molecule has 0 aromatic rings. The molecule has 0 aromatic carbocycles. The van der Waals surface area contributed by atoms with Crippen LogP contribution in [-0.4, -0.2) is 66.5 Å². The molecule has 2 N–H and O–H groups in total. The van der Waals surface area contributed by atoms with E-state index in [0.717, 1.165) is 141 Å². The van der Waals surface area contributed by atoms with Gasteiger partial charge in [-0.25, -0.2) is 4.57 Å². The minimum Gasteiger partial charge on any atom is -0.462 e. The first-order valence-corrected chi connectivity index (χ1v) is 29.9. The number of phosphoric ester groups is 1. The van der Waals surface area contributed by atoms with Crippen LogP contribution < -0.4 is 0 Å². The van der Waals surface area contributed by atoms with E-state index in [1.165, 1.54) is 12.8 Å². The molecular formula is C62H101O11P. The minimum absolute atomic E-state index is 0.128. The molecule has 0 rings (SSSR count). The van der Waals surface area contributed by atoms with Gasteiger partial charge < -0.3 is 24.2 Å². The Kier molecular flexibility index (Phi) is 52.1. The van der Waals surface area contributed by atoms with E-state index in [2.05, 4.69) is 142 Å². The standard InChI is InChI=1S/C62H101O11P/c1-4-7-10-13-16-19-22-25-27-29-31-34-36-39-42-45-48-51-60(64)69-55-59(73-62(66)53-50-47-44-41-38-35-32-30-28-26-23-20-17-14-11-8-5-2)57-71-74(67,68)70-56-58(54-63)72-61(65)52-49-46-43-40-37-33-24-21-18-15-12-9-6-3/h7-12,16-21,25-28,32-33,35,37,58-59,63H,4-6,13-15,22-24,29-31,34,36,38-57H2,1-3H3,(H,67,68)/b10-7-,11-8-,12-9-,19-16-,20-17-,21-18-,27-25-,28-26-,35-32-,37-33-. The van der Waals surface area contributed by atoms with Gasteiger partial charge in [0.15, 0.2) is 6.10 Å². The van der Waals surface area contributed by atoms with Crippen LogP contribution in [0.1, 0.15) is 213 Å². The Morgan fingerprint density at radius 2 is 0.662 bits per heavy atom. The van der Waals surface area contributed by atoms with Gasteiger partial charge in [-0.05, 0) is 122 Å². The summed E-state index contributed by atoms with van der Waals surface area (Å²) >= 11 is 0. The molecule has 0 heterocycles. The molecule has 12 heteroatoms. The van der Waals surface area contributed by atoms with Crippen molar-refractivity contribution in [2.24, 2.45) is 0 Å². The zero-order valence-electron chi connectivity index (χ0n) is 46.3. The third-order valence-electron chi connectivity index (χ3n) is 11.4. The lowest BCUT2D eigenvalue weighted by atomic mass is 10.1. The highest BCUT2D eigenvalue weighted by atomic mass is 31.2. The first kappa shape index (κ1) is 69.9. The van der Waals surface area contributed by atoms with E-state index >= 15 is 0 Å². The summed E-state index contributed by atoms with van der Waals surface area (Å²) in [6.45, 7) is 4.21. The van der Waals surface area contributed by atoms with Crippen molar-refractivity contribution >= 4 is 25.7 Å². The molecule has 0 aliphatic heterocycles. The van der Waals surface area contributed by atoms with Crippen LogP contribution in [0.15, 0.2) is 122 Å². The van der Waals surface area contributed by atoms with Gasteiger partial charge in [-0.1, -0.05) is 194 Å². The Morgan fingerprint density at radius 1 is 0.378 bits per heavy atom. The third kappa shape index (κ3) is 52.7. The Labute approximate surface area is 449 Å². The fraction of sp³-hybridized carbons (Fsp3) is 0.629. The monoisotopic (exact) mass is 1050 g/mol. The van der Waals surface area contributed by atoms with Crippen LogP contribution in [0, 0.1) is 0 Å². The minimum atomic E-state index is -4.77. The molecule has 0 aromatic heterocycles. The molecule has 74 heavy (non-hydrogen) atoms. The molecule has 420 valence electrons. The lowest BCUT2D eigenvalue weighted by molar-refractivity contribution is -0.161. The number of hydrogen-bond acceptors (Lipinski definition) is 10. The van der Waals surface area contributed by atoms with Gasteiger partial charge in [0.2, 0.25) is 0 Å². The van der Waals surface area contributed by atoms with E-state index in [1.54, 1.807) is 0 Å². The lowest BCUT2D eigenvalue weighted by Gasteiger charge is -2.21. The molecule has 0 aliphatic rings. The van der Waals surface area contributed by atoms with Crippen molar-refractivity contribution in [1.82, 2.24) is 0 Å². The van der Waals surface area contributed by atoms with Crippen molar-refractivity contribution in [1.29, 1.82) is 0 Å². The number of phosphoric acid groups is 1. The number of aliphatic hydroxyl groups is 1. The number of ether oxygens (including phenoxy) is 3. The number of hydrogen-bond donors (Lipinski definition) is 2. The molecule has 3 atom stereocenters. The molecule has 0 bridgehead atoms. The van der Waals surface area contributed by atoms with E-state index in [-0.39, 0.29) is 25.9 Å².